The number of nitrogens with one attached hydrogen (secondary N) is 2. The zero-order valence-corrected chi connectivity index (χ0v) is 16.6. The minimum atomic E-state index is -0.698. The van der Waals surface area contributed by atoms with Crippen LogP contribution in [0.25, 0.3) is 0 Å². The van der Waals surface area contributed by atoms with Gasteiger partial charge in [0.05, 0.1) is 5.41 Å². The van der Waals surface area contributed by atoms with Gasteiger partial charge >= 0.3 is 0 Å². The maximum absolute atomic E-state index is 12.7. The SMILES string of the molecule is O=C(NCc1ccccc1Cl)[C@@H]1C[C@@]2(CCN(C(=O)c3ccccc3)C2)C(=O)N1. The number of hydrogen-bond donors (Lipinski definition) is 2. The standard InChI is InChI=1S/C22H22ClN3O3/c23-17-9-5-4-8-16(17)13-24-19(27)18-12-22(21(29)25-18)10-11-26(14-22)20(28)15-6-2-1-3-7-15/h1-9,18H,10-14H2,(H,24,27)(H,25,29)/t18-,22+/m0/s1. The van der Waals surface area contributed by atoms with Crippen molar-refractivity contribution < 1.29 is 14.4 Å². The number of likely N-dealkylation sites (tertiary alicyclic amines) is 1. The summed E-state index contributed by atoms with van der Waals surface area (Å²) >= 11 is 6.13. The largest absolute Gasteiger partial charge is 0.350 e. The molecule has 3 amide bonds. The van der Waals surface area contributed by atoms with E-state index in [1.807, 2.05) is 36.4 Å². The summed E-state index contributed by atoms with van der Waals surface area (Å²) in [5.74, 6) is -0.469. The molecule has 29 heavy (non-hydrogen) atoms. The Morgan fingerprint density at radius 3 is 2.62 bits per heavy atom. The lowest BCUT2D eigenvalue weighted by molar-refractivity contribution is -0.128. The fourth-order valence-electron chi connectivity index (χ4n) is 4.11. The van der Waals surface area contributed by atoms with Gasteiger partial charge in [0.25, 0.3) is 5.91 Å². The topological polar surface area (TPSA) is 78.5 Å². The Balaban J connectivity index is 1.38. The molecular formula is C22H22ClN3O3. The van der Waals surface area contributed by atoms with Crippen LogP contribution in [-0.2, 0) is 16.1 Å². The van der Waals surface area contributed by atoms with Crippen molar-refractivity contribution >= 4 is 29.3 Å². The van der Waals surface area contributed by atoms with Crippen LogP contribution >= 0.6 is 11.6 Å². The summed E-state index contributed by atoms with van der Waals surface area (Å²) in [5, 5.41) is 6.25. The number of amides is 3. The number of rotatable bonds is 4. The van der Waals surface area contributed by atoms with Crippen molar-refractivity contribution in [3.05, 3.63) is 70.7 Å². The number of carbonyl (C=O) groups is 3. The third-order valence-corrected chi connectivity index (χ3v) is 6.14. The average molecular weight is 412 g/mol. The normalized spacial score (nSPS) is 23.3. The van der Waals surface area contributed by atoms with Crippen LogP contribution in [0.3, 0.4) is 0 Å². The number of carbonyl (C=O) groups excluding carboxylic acids is 3. The first kappa shape index (κ1) is 19.5. The van der Waals surface area contributed by atoms with Crippen molar-refractivity contribution in [2.24, 2.45) is 5.41 Å². The minimum absolute atomic E-state index is 0.0816. The van der Waals surface area contributed by atoms with Crippen LogP contribution in [0.5, 0.6) is 0 Å². The van der Waals surface area contributed by atoms with Gasteiger partial charge in [0.1, 0.15) is 6.04 Å². The van der Waals surface area contributed by atoms with Crippen LogP contribution in [0.15, 0.2) is 54.6 Å². The molecule has 4 rings (SSSR count). The Hall–Kier alpha value is -2.86. The summed E-state index contributed by atoms with van der Waals surface area (Å²) in [5.41, 5.74) is 0.732. The fraction of sp³-hybridized carbons (Fsp3) is 0.318. The highest BCUT2D eigenvalue weighted by Gasteiger charge is 2.53. The number of halogens is 1. The van der Waals surface area contributed by atoms with Gasteiger partial charge in [-0.05, 0) is 36.6 Å². The van der Waals surface area contributed by atoms with Crippen molar-refractivity contribution in [2.75, 3.05) is 13.1 Å². The van der Waals surface area contributed by atoms with Gasteiger partial charge in [-0.2, -0.15) is 0 Å². The van der Waals surface area contributed by atoms with E-state index in [4.69, 9.17) is 11.6 Å². The van der Waals surface area contributed by atoms with Gasteiger partial charge in [-0.15, -0.1) is 0 Å². The van der Waals surface area contributed by atoms with Crippen LogP contribution < -0.4 is 10.6 Å². The molecule has 2 fully saturated rings. The zero-order chi connectivity index (χ0) is 20.4. The summed E-state index contributed by atoms with van der Waals surface area (Å²) in [6, 6.07) is 15.7. The van der Waals surface area contributed by atoms with Gasteiger partial charge in [-0.1, -0.05) is 48.0 Å². The smallest absolute Gasteiger partial charge is 0.253 e. The molecule has 0 bridgehead atoms. The molecular weight excluding hydrogens is 390 g/mol. The molecule has 1 spiro atoms. The predicted octanol–water partition coefficient (Wildman–Crippen LogP) is 2.38. The Labute approximate surface area is 174 Å². The lowest BCUT2D eigenvalue weighted by atomic mass is 9.84. The van der Waals surface area contributed by atoms with E-state index < -0.39 is 11.5 Å². The molecule has 6 nitrogen and oxygen atoms in total. The van der Waals surface area contributed by atoms with Gasteiger partial charge in [0, 0.05) is 30.2 Å². The lowest BCUT2D eigenvalue weighted by Gasteiger charge is -2.21. The lowest BCUT2D eigenvalue weighted by Crippen LogP contribution is -2.41. The minimum Gasteiger partial charge on any atom is -0.350 e. The molecule has 0 saturated carbocycles. The van der Waals surface area contributed by atoms with Crippen LogP contribution in [0.2, 0.25) is 5.02 Å². The molecule has 7 heteroatoms. The third-order valence-electron chi connectivity index (χ3n) is 5.77. The first-order chi connectivity index (χ1) is 14.0. The summed E-state index contributed by atoms with van der Waals surface area (Å²) < 4.78 is 0. The second kappa shape index (κ2) is 7.87. The van der Waals surface area contributed by atoms with E-state index in [9.17, 15) is 14.4 Å². The number of nitrogens with zero attached hydrogens (tertiary/aromatic N) is 1. The second-order valence-corrected chi connectivity index (χ2v) is 8.07. The Morgan fingerprint density at radius 2 is 1.86 bits per heavy atom. The molecule has 2 heterocycles. The summed E-state index contributed by atoms with van der Waals surface area (Å²) in [4.78, 5) is 39.7. The van der Waals surface area contributed by atoms with Crippen molar-refractivity contribution in [3.8, 4) is 0 Å². The van der Waals surface area contributed by atoms with E-state index in [1.54, 1.807) is 23.1 Å². The molecule has 0 aliphatic carbocycles. The molecule has 2 aliphatic rings. The Morgan fingerprint density at radius 1 is 1.14 bits per heavy atom. The first-order valence-corrected chi connectivity index (χ1v) is 10.0. The highest BCUT2D eigenvalue weighted by atomic mass is 35.5. The maximum Gasteiger partial charge on any atom is 0.253 e. The molecule has 2 N–H and O–H groups in total. The second-order valence-electron chi connectivity index (χ2n) is 7.66. The summed E-state index contributed by atoms with van der Waals surface area (Å²) in [7, 11) is 0. The van der Waals surface area contributed by atoms with E-state index in [1.165, 1.54) is 0 Å². The maximum atomic E-state index is 12.7. The Kier molecular flexibility index (Phi) is 5.28. The van der Waals surface area contributed by atoms with Crippen LogP contribution in [0, 0.1) is 5.41 Å². The van der Waals surface area contributed by atoms with E-state index in [0.29, 0.717) is 43.1 Å². The molecule has 0 aromatic heterocycles. The van der Waals surface area contributed by atoms with Gasteiger partial charge in [0.2, 0.25) is 11.8 Å². The van der Waals surface area contributed by atoms with E-state index in [2.05, 4.69) is 10.6 Å². The molecule has 0 radical (unpaired) electrons. The molecule has 2 aromatic rings. The average Bonchev–Trinajstić information content (AvgIpc) is 3.31. The summed E-state index contributed by atoms with van der Waals surface area (Å²) in [6.45, 7) is 1.15. The monoisotopic (exact) mass is 411 g/mol. The molecule has 0 unspecified atom stereocenters. The molecule has 2 aliphatic heterocycles. The van der Waals surface area contributed by atoms with Crippen molar-refractivity contribution in [3.63, 3.8) is 0 Å². The number of hydrogen-bond acceptors (Lipinski definition) is 3. The van der Waals surface area contributed by atoms with E-state index >= 15 is 0 Å². The van der Waals surface area contributed by atoms with Gasteiger partial charge in [0.15, 0.2) is 0 Å². The fourth-order valence-corrected chi connectivity index (χ4v) is 4.31. The number of benzene rings is 2. The molecule has 2 atom stereocenters. The van der Waals surface area contributed by atoms with Crippen molar-refractivity contribution in [1.29, 1.82) is 0 Å². The van der Waals surface area contributed by atoms with E-state index in [0.717, 1.165) is 5.56 Å². The quantitative estimate of drug-likeness (QED) is 0.810. The van der Waals surface area contributed by atoms with Crippen LogP contribution in [0.1, 0.15) is 28.8 Å². The predicted molar refractivity (Wildman–Crippen MR) is 109 cm³/mol. The van der Waals surface area contributed by atoms with Gasteiger partial charge < -0.3 is 15.5 Å². The van der Waals surface area contributed by atoms with Crippen molar-refractivity contribution in [1.82, 2.24) is 15.5 Å². The highest BCUT2D eigenvalue weighted by molar-refractivity contribution is 6.31. The first-order valence-electron chi connectivity index (χ1n) is 9.65. The molecule has 150 valence electrons. The summed E-state index contributed by atoms with van der Waals surface area (Å²) in [6.07, 6.45) is 0.949. The third kappa shape index (κ3) is 3.85. The van der Waals surface area contributed by atoms with Gasteiger partial charge in [-0.25, -0.2) is 0 Å². The Bertz CT molecular complexity index is 949. The van der Waals surface area contributed by atoms with Gasteiger partial charge in [-0.3, -0.25) is 14.4 Å². The van der Waals surface area contributed by atoms with Crippen molar-refractivity contribution in [2.45, 2.75) is 25.4 Å². The van der Waals surface area contributed by atoms with Crippen LogP contribution in [0.4, 0.5) is 0 Å². The zero-order valence-electron chi connectivity index (χ0n) is 15.9. The molecule has 2 saturated heterocycles. The highest BCUT2D eigenvalue weighted by Crippen LogP contribution is 2.40. The molecule has 2 aromatic carbocycles. The van der Waals surface area contributed by atoms with Crippen LogP contribution in [-0.4, -0.2) is 41.8 Å². The van der Waals surface area contributed by atoms with E-state index in [-0.39, 0.29) is 17.7 Å².